The van der Waals surface area contributed by atoms with E-state index in [0.29, 0.717) is 11.6 Å². The van der Waals surface area contributed by atoms with Crippen molar-refractivity contribution in [1.82, 2.24) is 9.97 Å². The first-order valence-corrected chi connectivity index (χ1v) is 6.89. The molecule has 1 aromatic carbocycles. The molecular formula is C12H11BN2O4S. The lowest BCUT2D eigenvalue weighted by Gasteiger charge is -2.27. The van der Waals surface area contributed by atoms with Crippen LogP contribution in [-0.2, 0) is 6.42 Å². The molecule has 0 aliphatic carbocycles. The highest BCUT2D eigenvalue weighted by Crippen LogP contribution is 2.35. The summed E-state index contributed by atoms with van der Waals surface area (Å²) in [4.78, 5) is 18.2. The number of thioether (sulfide) groups is 1. The average Bonchev–Trinajstić information content (AvgIpc) is 2.91. The molecule has 0 saturated heterocycles. The van der Waals surface area contributed by atoms with E-state index in [9.17, 15) is 9.82 Å². The summed E-state index contributed by atoms with van der Waals surface area (Å²) in [7, 11) is -1.07. The highest BCUT2D eigenvalue weighted by atomic mass is 32.2. The van der Waals surface area contributed by atoms with Crippen molar-refractivity contribution in [1.29, 1.82) is 0 Å². The van der Waals surface area contributed by atoms with Gasteiger partial charge < -0.3 is 19.8 Å². The van der Waals surface area contributed by atoms with Crippen LogP contribution >= 0.6 is 11.8 Å². The first-order valence-electron chi connectivity index (χ1n) is 6.01. The molecule has 0 radical (unpaired) electrons. The Morgan fingerprint density at radius 2 is 2.40 bits per heavy atom. The molecular weight excluding hydrogens is 279 g/mol. The first-order chi connectivity index (χ1) is 9.65. The second kappa shape index (κ2) is 5.22. The number of carboxylic acid groups (broad SMARTS) is 1. The van der Waals surface area contributed by atoms with Crippen LogP contribution in [-0.4, -0.2) is 38.3 Å². The second-order valence-electron chi connectivity index (χ2n) is 4.36. The number of imidazole rings is 1. The van der Waals surface area contributed by atoms with Crippen molar-refractivity contribution in [3.8, 4) is 5.75 Å². The summed E-state index contributed by atoms with van der Waals surface area (Å²) in [5, 5.41) is 19.6. The van der Waals surface area contributed by atoms with Gasteiger partial charge >= 0.3 is 13.1 Å². The molecule has 0 unspecified atom stereocenters. The molecule has 3 N–H and O–H groups in total. The number of fused-ring (bicyclic) bond motifs is 1. The van der Waals surface area contributed by atoms with E-state index in [1.165, 1.54) is 17.8 Å². The number of para-hydroxylation sites is 1. The van der Waals surface area contributed by atoms with Crippen molar-refractivity contribution >= 4 is 24.8 Å². The van der Waals surface area contributed by atoms with Gasteiger partial charge in [-0.25, -0.2) is 9.78 Å². The lowest BCUT2D eigenvalue weighted by molar-refractivity contribution is 0.0694. The number of carboxylic acids is 1. The zero-order valence-corrected chi connectivity index (χ0v) is 11.1. The zero-order chi connectivity index (χ0) is 14.1. The largest absolute Gasteiger partial charge is 0.537 e. The van der Waals surface area contributed by atoms with E-state index in [2.05, 4.69) is 9.97 Å². The minimum absolute atomic E-state index is 0.0722. The van der Waals surface area contributed by atoms with Crippen molar-refractivity contribution in [3.63, 3.8) is 0 Å². The molecule has 2 aromatic rings. The van der Waals surface area contributed by atoms with Crippen LogP contribution < -0.4 is 4.65 Å². The van der Waals surface area contributed by atoms with Crippen LogP contribution in [0.15, 0.2) is 35.7 Å². The normalized spacial score (nSPS) is 17.4. The third-order valence-corrected chi connectivity index (χ3v) is 4.19. The maximum Gasteiger partial charge on any atom is 0.537 e. The molecule has 0 bridgehead atoms. The summed E-state index contributed by atoms with van der Waals surface area (Å²) < 4.78 is 5.40. The van der Waals surface area contributed by atoms with E-state index in [1.54, 1.807) is 18.5 Å². The van der Waals surface area contributed by atoms with Gasteiger partial charge in [-0.15, -0.1) is 0 Å². The molecule has 0 amide bonds. The molecule has 1 aliphatic heterocycles. The molecule has 0 spiro atoms. The van der Waals surface area contributed by atoms with Gasteiger partial charge in [0, 0.05) is 12.4 Å². The fourth-order valence-electron chi connectivity index (χ4n) is 2.13. The molecule has 20 heavy (non-hydrogen) atoms. The highest BCUT2D eigenvalue weighted by molar-refractivity contribution is 8.01. The number of aromatic carboxylic acids is 1. The number of H-pyrrole nitrogens is 1. The van der Waals surface area contributed by atoms with Crippen LogP contribution in [0.3, 0.4) is 0 Å². The minimum Gasteiger partial charge on any atom is -0.535 e. The van der Waals surface area contributed by atoms with E-state index >= 15 is 0 Å². The van der Waals surface area contributed by atoms with Gasteiger partial charge in [0.15, 0.2) is 5.16 Å². The Morgan fingerprint density at radius 1 is 1.55 bits per heavy atom. The third kappa shape index (κ3) is 2.39. The standard InChI is InChI=1S/C12H11BN2O4S/c16-11(17)8-3-1-2-7-6-9(13(18)19-10(7)8)20-12-14-4-5-15-12/h1-5,9,18H,6H2,(H,14,15)(H,16,17)/t9-/m0/s1. The van der Waals surface area contributed by atoms with Crippen molar-refractivity contribution in [3.05, 3.63) is 41.7 Å². The monoisotopic (exact) mass is 290 g/mol. The van der Waals surface area contributed by atoms with Gasteiger partial charge in [-0.2, -0.15) is 0 Å². The van der Waals surface area contributed by atoms with Crippen LogP contribution in [0, 0.1) is 0 Å². The lowest BCUT2D eigenvalue weighted by atomic mass is 9.77. The van der Waals surface area contributed by atoms with E-state index in [4.69, 9.17) is 9.76 Å². The topological polar surface area (TPSA) is 95.4 Å². The minimum atomic E-state index is -1.07. The van der Waals surface area contributed by atoms with Crippen LogP contribution in [0.25, 0.3) is 0 Å². The Labute approximate surface area is 119 Å². The fraction of sp³-hybridized carbons (Fsp3) is 0.167. The van der Waals surface area contributed by atoms with Gasteiger partial charge in [0.25, 0.3) is 0 Å². The molecule has 2 heterocycles. The quantitative estimate of drug-likeness (QED) is 0.736. The summed E-state index contributed by atoms with van der Waals surface area (Å²) in [6, 6.07) is 4.95. The Bertz CT molecular complexity index is 634. The average molecular weight is 290 g/mol. The third-order valence-electron chi connectivity index (χ3n) is 3.04. The van der Waals surface area contributed by atoms with E-state index in [-0.39, 0.29) is 16.5 Å². The van der Waals surface area contributed by atoms with Gasteiger partial charge in [0.05, 0.1) is 10.7 Å². The summed E-state index contributed by atoms with van der Waals surface area (Å²) >= 11 is 1.37. The maximum atomic E-state index is 11.1. The molecule has 8 heteroatoms. The molecule has 102 valence electrons. The van der Waals surface area contributed by atoms with E-state index < -0.39 is 13.1 Å². The zero-order valence-electron chi connectivity index (χ0n) is 10.3. The van der Waals surface area contributed by atoms with Gasteiger partial charge in [0.2, 0.25) is 0 Å². The summed E-state index contributed by atoms with van der Waals surface area (Å²) in [5.41, 5.74) is 0.849. The molecule has 1 aromatic heterocycles. The Hall–Kier alpha value is -1.93. The van der Waals surface area contributed by atoms with E-state index in [1.807, 2.05) is 6.07 Å². The summed E-state index contributed by atoms with van der Waals surface area (Å²) in [5.74, 6) is -0.810. The number of hydrogen-bond acceptors (Lipinski definition) is 5. The Balaban J connectivity index is 1.87. The smallest absolute Gasteiger partial charge is 0.535 e. The molecule has 0 fully saturated rings. The van der Waals surface area contributed by atoms with Crippen molar-refractivity contribution in [2.45, 2.75) is 16.7 Å². The molecule has 3 rings (SSSR count). The molecule has 1 aliphatic rings. The van der Waals surface area contributed by atoms with Crippen molar-refractivity contribution in [2.75, 3.05) is 0 Å². The number of carbonyl (C=O) groups is 1. The number of aromatic amines is 1. The Morgan fingerprint density at radius 3 is 3.10 bits per heavy atom. The lowest BCUT2D eigenvalue weighted by Crippen LogP contribution is -2.40. The predicted molar refractivity (Wildman–Crippen MR) is 73.9 cm³/mol. The number of hydrogen-bond donors (Lipinski definition) is 3. The van der Waals surface area contributed by atoms with E-state index in [0.717, 1.165) is 5.56 Å². The van der Waals surface area contributed by atoms with Crippen molar-refractivity contribution in [2.24, 2.45) is 0 Å². The number of nitrogens with zero attached hydrogens (tertiary/aromatic N) is 1. The number of benzene rings is 1. The second-order valence-corrected chi connectivity index (χ2v) is 5.59. The predicted octanol–water partition coefficient (Wildman–Crippen LogP) is 1.22. The summed E-state index contributed by atoms with van der Waals surface area (Å²) in [6.07, 6.45) is 3.85. The number of rotatable bonds is 3. The number of aromatic nitrogens is 2. The SMILES string of the molecule is O=C(O)c1cccc2c1OB(O)[C@@H](Sc1ncc[nH]1)C2. The summed E-state index contributed by atoms with van der Waals surface area (Å²) in [6.45, 7) is 0. The molecule has 0 saturated carbocycles. The van der Waals surface area contributed by atoms with Crippen LogP contribution in [0.4, 0.5) is 0 Å². The molecule has 1 atom stereocenters. The van der Waals surface area contributed by atoms with Crippen LogP contribution in [0.2, 0.25) is 0 Å². The van der Waals surface area contributed by atoms with Gasteiger partial charge in [-0.05, 0) is 18.1 Å². The van der Waals surface area contributed by atoms with Crippen molar-refractivity contribution < 1.29 is 19.6 Å². The first kappa shape index (κ1) is 13.1. The van der Waals surface area contributed by atoms with Gasteiger partial charge in [0.1, 0.15) is 5.75 Å². The fourth-order valence-corrected chi connectivity index (χ4v) is 3.11. The number of nitrogens with one attached hydrogen (secondary N) is 1. The molecule has 6 nitrogen and oxygen atoms in total. The van der Waals surface area contributed by atoms with Gasteiger partial charge in [-0.3, -0.25) is 0 Å². The van der Waals surface area contributed by atoms with Crippen LogP contribution in [0.5, 0.6) is 5.75 Å². The highest BCUT2D eigenvalue weighted by Gasteiger charge is 2.37. The van der Waals surface area contributed by atoms with Gasteiger partial charge in [-0.1, -0.05) is 23.9 Å². The van der Waals surface area contributed by atoms with Crippen LogP contribution in [0.1, 0.15) is 15.9 Å². The maximum absolute atomic E-state index is 11.1. The Kier molecular flexibility index (Phi) is 3.41.